The molecule has 4 rings (SSSR count). The Labute approximate surface area is 154 Å². The average molecular weight is 408 g/mol. The number of anilines is 1. The van der Waals surface area contributed by atoms with Gasteiger partial charge in [0.2, 0.25) is 0 Å². The molecule has 1 unspecified atom stereocenters. The van der Waals surface area contributed by atoms with Crippen molar-refractivity contribution < 1.29 is 9.69 Å². The second-order valence-corrected chi connectivity index (χ2v) is 8.33. The Morgan fingerprint density at radius 2 is 1.88 bits per heavy atom. The number of H-pyrrole nitrogens is 2. The second kappa shape index (κ2) is 6.96. The number of likely N-dealkylation sites (tertiary alicyclic amines) is 1. The quantitative estimate of drug-likeness (QED) is 0.623. The lowest BCUT2D eigenvalue weighted by atomic mass is 9.75. The summed E-state index contributed by atoms with van der Waals surface area (Å²) in [5.74, 6) is 1.73. The van der Waals surface area contributed by atoms with Crippen molar-refractivity contribution >= 4 is 38.6 Å². The maximum Gasteiger partial charge on any atom is 0.323 e. The SMILES string of the molecule is O=C(C[NH+]1CC[C@H]2CCCC[C@@H]2C1)Nc1cc2[nH]c(=O)[nH]c2cc1Br. The Morgan fingerprint density at radius 1 is 1.16 bits per heavy atom. The maximum atomic E-state index is 12.5. The lowest BCUT2D eigenvalue weighted by molar-refractivity contribution is -0.902. The van der Waals surface area contributed by atoms with Crippen molar-refractivity contribution in [1.82, 2.24) is 9.97 Å². The van der Waals surface area contributed by atoms with Gasteiger partial charge in [0.15, 0.2) is 6.54 Å². The third-order valence-electron chi connectivity index (χ3n) is 5.77. The van der Waals surface area contributed by atoms with Gasteiger partial charge in [-0.3, -0.25) is 4.79 Å². The van der Waals surface area contributed by atoms with E-state index in [1.165, 1.54) is 37.0 Å². The molecule has 1 aromatic carbocycles. The predicted octanol–water partition coefficient (Wildman–Crippen LogP) is 1.65. The van der Waals surface area contributed by atoms with Gasteiger partial charge in [-0.05, 0) is 53.2 Å². The fraction of sp³-hybridized carbons (Fsp3) is 0.556. The zero-order chi connectivity index (χ0) is 17.4. The summed E-state index contributed by atoms with van der Waals surface area (Å²) in [7, 11) is 0. The van der Waals surface area contributed by atoms with Gasteiger partial charge in [0.25, 0.3) is 5.91 Å². The van der Waals surface area contributed by atoms with E-state index in [0.717, 1.165) is 34.9 Å². The van der Waals surface area contributed by atoms with Crippen LogP contribution in [0.3, 0.4) is 0 Å². The molecule has 0 bridgehead atoms. The Kier molecular flexibility index (Phi) is 4.69. The molecule has 134 valence electrons. The number of fused-ring (bicyclic) bond motifs is 2. The highest BCUT2D eigenvalue weighted by Gasteiger charge is 2.34. The largest absolute Gasteiger partial charge is 0.327 e. The van der Waals surface area contributed by atoms with E-state index in [4.69, 9.17) is 0 Å². The van der Waals surface area contributed by atoms with Crippen LogP contribution < -0.4 is 15.9 Å². The number of amides is 1. The van der Waals surface area contributed by atoms with Gasteiger partial charge >= 0.3 is 5.69 Å². The summed E-state index contributed by atoms with van der Waals surface area (Å²) in [4.78, 5) is 30.7. The van der Waals surface area contributed by atoms with Crippen LogP contribution in [-0.4, -0.2) is 35.5 Å². The molecule has 1 saturated carbocycles. The fourth-order valence-corrected chi connectivity index (χ4v) is 4.97. The molecular formula is C18H24BrN4O2+. The number of aromatic amines is 2. The topological polar surface area (TPSA) is 82.2 Å². The number of imidazole rings is 1. The highest BCUT2D eigenvalue weighted by molar-refractivity contribution is 9.10. The first-order valence-corrected chi connectivity index (χ1v) is 9.93. The summed E-state index contributed by atoms with van der Waals surface area (Å²) in [6.07, 6.45) is 6.70. The zero-order valence-electron chi connectivity index (χ0n) is 14.2. The van der Waals surface area contributed by atoms with Crippen LogP contribution >= 0.6 is 15.9 Å². The van der Waals surface area contributed by atoms with Gasteiger partial charge in [0, 0.05) is 10.4 Å². The summed E-state index contributed by atoms with van der Waals surface area (Å²) >= 11 is 3.47. The molecule has 2 heterocycles. The van der Waals surface area contributed by atoms with Gasteiger partial charge in [-0.15, -0.1) is 0 Å². The number of hydrogen-bond acceptors (Lipinski definition) is 2. The van der Waals surface area contributed by atoms with E-state index in [0.29, 0.717) is 17.7 Å². The smallest absolute Gasteiger partial charge is 0.323 e. The number of nitrogens with one attached hydrogen (secondary N) is 4. The zero-order valence-corrected chi connectivity index (χ0v) is 15.7. The van der Waals surface area contributed by atoms with Gasteiger partial charge in [0.05, 0.1) is 29.8 Å². The molecule has 0 spiro atoms. The number of carbonyl (C=O) groups is 1. The summed E-state index contributed by atoms with van der Waals surface area (Å²) in [5, 5.41) is 2.99. The van der Waals surface area contributed by atoms with E-state index < -0.39 is 0 Å². The molecule has 6 nitrogen and oxygen atoms in total. The molecule has 1 aromatic heterocycles. The number of carbonyl (C=O) groups excluding carboxylic acids is 1. The third kappa shape index (κ3) is 3.67. The molecule has 1 saturated heterocycles. The van der Waals surface area contributed by atoms with Crippen LogP contribution in [0.25, 0.3) is 11.0 Å². The molecule has 0 radical (unpaired) electrons. The van der Waals surface area contributed by atoms with Crippen molar-refractivity contribution in [2.45, 2.75) is 32.1 Å². The lowest BCUT2D eigenvalue weighted by Gasteiger charge is -2.38. The molecule has 1 aliphatic heterocycles. The minimum atomic E-state index is -0.245. The van der Waals surface area contributed by atoms with Crippen LogP contribution in [0.5, 0.6) is 0 Å². The molecule has 1 aliphatic carbocycles. The second-order valence-electron chi connectivity index (χ2n) is 7.48. The van der Waals surface area contributed by atoms with Crippen molar-refractivity contribution in [3.05, 3.63) is 27.1 Å². The first kappa shape index (κ1) is 16.8. The lowest BCUT2D eigenvalue weighted by Crippen LogP contribution is -3.15. The van der Waals surface area contributed by atoms with Crippen LogP contribution in [-0.2, 0) is 4.79 Å². The van der Waals surface area contributed by atoms with Crippen molar-refractivity contribution in [3.63, 3.8) is 0 Å². The summed E-state index contributed by atoms with van der Waals surface area (Å²) < 4.78 is 0.768. The van der Waals surface area contributed by atoms with Gasteiger partial charge in [-0.1, -0.05) is 12.8 Å². The number of rotatable bonds is 3. The van der Waals surface area contributed by atoms with Crippen LogP contribution in [0.4, 0.5) is 5.69 Å². The van der Waals surface area contributed by atoms with E-state index in [2.05, 4.69) is 31.2 Å². The normalized spacial score (nSPS) is 26.4. The Balaban J connectivity index is 1.40. The average Bonchev–Trinajstić information content (AvgIpc) is 2.94. The molecule has 3 atom stereocenters. The van der Waals surface area contributed by atoms with E-state index in [-0.39, 0.29) is 11.6 Å². The molecule has 2 fully saturated rings. The van der Waals surface area contributed by atoms with Crippen LogP contribution in [0.1, 0.15) is 32.1 Å². The predicted molar refractivity (Wildman–Crippen MR) is 101 cm³/mol. The Morgan fingerprint density at radius 3 is 2.68 bits per heavy atom. The first-order valence-electron chi connectivity index (χ1n) is 9.13. The van der Waals surface area contributed by atoms with E-state index in [9.17, 15) is 9.59 Å². The van der Waals surface area contributed by atoms with E-state index in [1.807, 2.05) is 6.07 Å². The number of aromatic nitrogens is 2. The highest BCUT2D eigenvalue weighted by atomic mass is 79.9. The van der Waals surface area contributed by atoms with E-state index >= 15 is 0 Å². The number of quaternary nitrogens is 1. The third-order valence-corrected chi connectivity index (χ3v) is 6.43. The first-order chi connectivity index (χ1) is 12.1. The number of halogens is 1. The minimum absolute atomic E-state index is 0.0298. The van der Waals surface area contributed by atoms with Crippen molar-refractivity contribution in [1.29, 1.82) is 0 Å². The molecule has 4 N–H and O–H groups in total. The Bertz CT molecular complexity index is 843. The molecule has 2 aliphatic rings. The number of hydrogen-bond donors (Lipinski definition) is 4. The molecule has 25 heavy (non-hydrogen) atoms. The summed E-state index contributed by atoms with van der Waals surface area (Å²) in [6, 6.07) is 3.60. The van der Waals surface area contributed by atoms with Crippen molar-refractivity contribution in [2.75, 3.05) is 25.0 Å². The van der Waals surface area contributed by atoms with Gasteiger partial charge in [-0.25, -0.2) is 4.79 Å². The van der Waals surface area contributed by atoms with Crippen LogP contribution in [0.2, 0.25) is 0 Å². The molecular weight excluding hydrogens is 384 g/mol. The summed E-state index contributed by atoms with van der Waals surface area (Å²) in [6.45, 7) is 2.74. The summed E-state index contributed by atoms with van der Waals surface area (Å²) in [5.41, 5.74) is 1.86. The van der Waals surface area contributed by atoms with Crippen LogP contribution in [0.15, 0.2) is 21.4 Å². The van der Waals surface area contributed by atoms with Gasteiger partial charge < -0.3 is 20.2 Å². The standard InChI is InChI=1S/C18H23BrN4O2/c19-13-7-15-16(22-18(25)21-15)8-14(13)20-17(24)10-23-6-5-11-3-1-2-4-12(11)9-23/h7-8,11-12H,1-6,9-10H2,(H,20,24)(H2,21,22,25)/p+1/t11-,12-/m1/s1. The van der Waals surface area contributed by atoms with Crippen molar-refractivity contribution in [2.24, 2.45) is 11.8 Å². The van der Waals surface area contributed by atoms with E-state index in [1.54, 1.807) is 6.07 Å². The molecule has 1 amide bonds. The van der Waals surface area contributed by atoms with Gasteiger partial charge in [0.1, 0.15) is 0 Å². The maximum absolute atomic E-state index is 12.5. The molecule has 7 heteroatoms. The minimum Gasteiger partial charge on any atom is -0.327 e. The fourth-order valence-electron chi connectivity index (χ4n) is 4.53. The monoisotopic (exact) mass is 407 g/mol. The highest BCUT2D eigenvalue weighted by Crippen LogP contribution is 2.32. The Hall–Kier alpha value is -1.60. The number of benzene rings is 1. The molecule has 2 aromatic rings. The van der Waals surface area contributed by atoms with Gasteiger partial charge in [-0.2, -0.15) is 0 Å². The number of piperidine rings is 1. The van der Waals surface area contributed by atoms with Crippen molar-refractivity contribution in [3.8, 4) is 0 Å². The van der Waals surface area contributed by atoms with Crippen LogP contribution in [0, 0.1) is 11.8 Å².